The number of rotatable bonds is 4. The van der Waals surface area contributed by atoms with E-state index >= 15 is 0 Å². The molecule has 2 aromatic rings. The van der Waals surface area contributed by atoms with Crippen LogP contribution in [0.4, 0.5) is 5.82 Å². The summed E-state index contributed by atoms with van der Waals surface area (Å²) in [4.78, 5) is 35.3. The highest BCUT2D eigenvalue weighted by Gasteiger charge is 2.35. The molecule has 2 aromatic heterocycles. The van der Waals surface area contributed by atoms with Crippen LogP contribution in [-0.4, -0.2) is 70.1 Å². The molecule has 1 amide bonds. The summed E-state index contributed by atoms with van der Waals surface area (Å²) >= 11 is 6.68. The summed E-state index contributed by atoms with van der Waals surface area (Å²) in [6.45, 7) is 3.58. The number of fused-ring (bicyclic) bond motifs is 1. The smallest absolute Gasteiger partial charge is 0.267 e. The summed E-state index contributed by atoms with van der Waals surface area (Å²) in [6.07, 6.45) is 5.27. The molecule has 0 aromatic carbocycles. The molecule has 0 saturated carbocycles. The molecule has 31 heavy (non-hydrogen) atoms. The fourth-order valence-corrected chi connectivity index (χ4v) is 5.27. The van der Waals surface area contributed by atoms with Gasteiger partial charge in [-0.1, -0.05) is 30.0 Å². The van der Waals surface area contributed by atoms with Gasteiger partial charge < -0.3 is 14.4 Å². The molecule has 1 atom stereocenters. The predicted octanol–water partition coefficient (Wildman–Crippen LogP) is 1.91. The number of aromatic nitrogens is 2. The first kappa shape index (κ1) is 20.6. The molecular formula is C21H22N4O4S2. The molecule has 0 unspecified atom stereocenters. The molecule has 3 saturated heterocycles. The van der Waals surface area contributed by atoms with Crippen LogP contribution in [0.15, 0.2) is 34.1 Å². The number of pyridine rings is 1. The molecule has 162 valence electrons. The van der Waals surface area contributed by atoms with E-state index in [-0.39, 0.29) is 17.6 Å². The lowest BCUT2D eigenvalue weighted by molar-refractivity contribution is -0.123. The molecule has 0 N–H and O–H groups in total. The van der Waals surface area contributed by atoms with Crippen LogP contribution in [0, 0.1) is 0 Å². The van der Waals surface area contributed by atoms with Gasteiger partial charge in [-0.2, -0.15) is 0 Å². The summed E-state index contributed by atoms with van der Waals surface area (Å²) in [7, 11) is 0. The molecule has 0 spiro atoms. The summed E-state index contributed by atoms with van der Waals surface area (Å²) in [5, 5.41) is 0. The summed E-state index contributed by atoms with van der Waals surface area (Å²) < 4.78 is 13.1. The van der Waals surface area contributed by atoms with Crippen molar-refractivity contribution < 1.29 is 14.3 Å². The molecule has 3 aliphatic rings. The highest BCUT2D eigenvalue weighted by Crippen LogP contribution is 2.34. The van der Waals surface area contributed by atoms with Crippen LogP contribution in [0.2, 0.25) is 0 Å². The van der Waals surface area contributed by atoms with Gasteiger partial charge in [0, 0.05) is 25.9 Å². The Hall–Kier alpha value is -2.27. The third-order valence-electron chi connectivity index (χ3n) is 5.62. The number of morpholine rings is 1. The zero-order chi connectivity index (χ0) is 21.4. The van der Waals surface area contributed by atoms with Crippen LogP contribution < -0.4 is 10.5 Å². The maximum atomic E-state index is 13.4. The van der Waals surface area contributed by atoms with Gasteiger partial charge in [-0.25, -0.2) is 4.98 Å². The molecule has 8 nitrogen and oxygen atoms in total. The molecule has 0 bridgehead atoms. The monoisotopic (exact) mass is 458 g/mol. The van der Waals surface area contributed by atoms with Crippen LogP contribution in [0.1, 0.15) is 18.4 Å². The lowest BCUT2D eigenvalue weighted by Gasteiger charge is -2.29. The first-order valence-electron chi connectivity index (χ1n) is 10.3. The van der Waals surface area contributed by atoms with Crippen molar-refractivity contribution in [3.05, 3.63) is 45.2 Å². The SMILES string of the molecule is O=C1/C(=C/c2c(N3CCOCC3)nc3ccccn3c2=O)SC(=S)N1C[C@@H]1CCCO1. The fraction of sp³-hybridized carbons (Fsp3) is 0.429. The van der Waals surface area contributed by atoms with E-state index in [1.54, 1.807) is 29.3 Å². The van der Waals surface area contributed by atoms with Gasteiger partial charge in [0.25, 0.3) is 11.5 Å². The van der Waals surface area contributed by atoms with Gasteiger partial charge in [0.05, 0.1) is 36.3 Å². The molecular weight excluding hydrogens is 436 g/mol. The first-order chi connectivity index (χ1) is 15.1. The molecule has 0 radical (unpaired) electrons. The fourth-order valence-electron chi connectivity index (χ4n) is 4.01. The van der Waals surface area contributed by atoms with E-state index in [0.29, 0.717) is 59.1 Å². The van der Waals surface area contributed by atoms with Crippen molar-refractivity contribution in [2.45, 2.75) is 18.9 Å². The zero-order valence-corrected chi connectivity index (χ0v) is 18.5. The van der Waals surface area contributed by atoms with E-state index in [0.717, 1.165) is 19.4 Å². The number of hydrogen-bond donors (Lipinski definition) is 0. The van der Waals surface area contributed by atoms with Gasteiger partial charge in [-0.05, 0) is 31.1 Å². The second-order valence-corrected chi connectivity index (χ2v) is 9.29. The third-order valence-corrected chi connectivity index (χ3v) is 7.00. The van der Waals surface area contributed by atoms with E-state index < -0.39 is 0 Å². The quantitative estimate of drug-likeness (QED) is 0.508. The van der Waals surface area contributed by atoms with E-state index in [2.05, 4.69) is 0 Å². The molecule has 3 fully saturated rings. The van der Waals surface area contributed by atoms with Gasteiger partial charge in [-0.15, -0.1) is 0 Å². The minimum absolute atomic E-state index is 0.0127. The Bertz CT molecular complexity index is 1120. The van der Waals surface area contributed by atoms with Crippen LogP contribution in [-0.2, 0) is 14.3 Å². The average Bonchev–Trinajstić information content (AvgIpc) is 3.40. The third kappa shape index (κ3) is 4.00. The van der Waals surface area contributed by atoms with Crippen LogP contribution >= 0.6 is 24.0 Å². The van der Waals surface area contributed by atoms with Gasteiger partial charge in [-0.3, -0.25) is 18.9 Å². The Morgan fingerprint density at radius 2 is 2.06 bits per heavy atom. The van der Waals surface area contributed by atoms with Gasteiger partial charge in [0.1, 0.15) is 15.8 Å². The van der Waals surface area contributed by atoms with Gasteiger partial charge in [0.15, 0.2) is 0 Å². The number of carbonyl (C=O) groups excluding carboxylic acids is 1. The van der Waals surface area contributed by atoms with Crippen LogP contribution in [0.25, 0.3) is 11.7 Å². The van der Waals surface area contributed by atoms with Crippen molar-refractivity contribution in [2.75, 3.05) is 44.4 Å². The zero-order valence-electron chi connectivity index (χ0n) is 16.9. The second kappa shape index (κ2) is 8.70. The average molecular weight is 459 g/mol. The van der Waals surface area contributed by atoms with E-state index in [4.69, 9.17) is 26.7 Å². The number of amides is 1. The number of ether oxygens (including phenoxy) is 2. The summed E-state index contributed by atoms with van der Waals surface area (Å²) in [5.74, 6) is 0.389. The maximum Gasteiger partial charge on any atom is 0.267 e. The number of thiocarbonyl (C=S) groups is 1. The summed E-state index contributed by atoms with van der Waals surface area (Å²) in [5.41, 5.74) is 0.747. The minimum Gasteiger partial charge on any atom is -0.378 e. The molecule has 5 heterocycles. The number of thioether (sulfide) groups is 1. The predicted molar refractivity (Wildman–Crippen MR) is 123 cm³/mol. The number of hydrogen-bond acceptors (Lipinski definition) is 8. The number of carbonyl (C=O) groups is 1. The van der Waals surface area contributed by atoms with Crippen molar-refractivity contribution in [1.29, 1.82) is 0 Å². The highest BCUT2D eigenvalue weighted by molar-refractivity contribution is 8.26. The normalized spacial score (nSPS) is 23.5. The van der Waals surface area contributed by atoms with Crippen molar-refractivity contribution in [3.8, 4) is 0 Å². The van der Waals surface area contributed by atoms with Crippen molar-refractivity contribution in [3.63, 3.8) is 0 Å². The van der Waals surface area contributed by atoms with Crippen molar-refractivity contribution >= 4 is 51.7 Å². The Kier molecular flexibility index (Phi) is 5.79. The number of anilines is 1. The molecule has 10 heteroatoms. The molecule has 0 aliphatic carbocycles. The summed E-state index contributed by atoms with van der Waals surface area (Å²) in [6, 6.07) is 5.44. The van der Waals surface area contributed by atoms with E-state index in [1.165, 1.54) is 16.2 Å². The molecule has 5 rings (SSSR count). The Morgan fingerprint density at radius 3 is 2.84 bits per heavy atom. The van der Waals surface area contributed by atoms with Crippen molar-refractivity contribution in [1.82, 2.24) is 14.3 Å². The van der Waals surface area contributed by atoms with Crippen molar-refractivity contribution in [2.24, 2.45) is 0 Å². The standard InChI is InChI=1S/C21H22N4O4S2/c26-19-15(12-16-20(27)25(21(30)31-16)13-14-4-3-9-29-14)18(23-7-10-28-11-8-23)22-17-5-1-2-6-24(17)19/h1-2,5-6,12,14H,3-4,7-11,13H2/b16-12-/t14-/m0/s1. The first-order valence-corrected chi connectivity index (χ1v) is 11.6. The van der Waals surface area contributed by atoms with Gasteiger partial charge in [0.2, 0.25) is 0 Å². The number of nitrogens with zero attached hydrogens (tertiary/aromatic N) is 4. The van der Waals surface area contributed by atoms with Crippen LogP contribution in [0.5, 0.6) is 0 Å². The lowest BCUT2D eigenvalue weighted by Crippen LogP contribution is -2.38. The Morgan fingerprint density at radius 1 is 1.23 bits per heavy atom. The largest absolute Gasteiger partial charge is 0.378 e. The lowest BCUT2D eigenvalue weighted by atomic mass is 10.2. The topological polar surface area (TPSA) is 76.4 Å². The van der Waals surface area contributed by atoms with Gasteiger partial charge >= 0.3 is 0 Å². The van der Waals surface area contributed by atoms with E-state index in [9.17, 15) is 9.59 Å². The van der Waals surface area contributed by atoms with Crippen LogP contribution in [0.3, 0.4) is 0 Å². The Balaban J connectivity index is 1.55. The maximum absolute atomic E-state index is 13.4. The molecule has 3 aliphatic heterocycles. The second-order valence-electron chi connectivity index (χ2n) is 7.61. The Labute approximate surface area is 188 Å². The van der Waals surface area contributed by atoms with E-state index in [1.807, 2.05) is 11.0 Å². The highest BCUT2D eigenvalue weighted by atomic mass is 32.2. The minimum atomic E-state index is -0.212.